The molecule has 1 aromatic carbocycles. The molecule has 2 amide bonds. The highest BCUT2D eigenvalue weighted by Gasteiger charge is 2.76. The van der Waals surface area contributed by atoms with Crippen LogP contribution in [0, 0.1) is 0 Å². The number of rotatable bonds is 5. The van der Waals surface area contributed by atoms with Crippen molar-refractivity contribution in [3.8, 4) is 5.75 Å². The van der Waals surface area contributed by atoms with Gasteiger partial charge < -0.3 is 31.3 Å². The molecular formula is C26H33N10O6+. The molecule has 42 heavy (non-hydrogen) atoms. The summed E-state index contributed by atoms with van der Waals surface area (Å²) in [6.07, 6.45) is 0.793. The summed E-state index contributed by atoms with van der Waals surface area (Å²) >= 11 is 0. The number of carbonyl (C=O) groups excluding carboxylic acids is 2. The zero-order valence-corrected chi connectivity index (χ0v) is 23.0. The van der Waals surface area contributed by atoms with Crippen LogP contribution < -0.4 is 42.7 Å². The van der Waals surface area contributed by atoms with Crippen LogP contribution in [0.5, 0.6) is 5.75 Å². The molecule has 0 saturated carbocycles. The Bertz CT molecular complexity index is 1560. The van der Waals surface area contributed by atoms with E-state index in [2.05, 4.69) is 50.0 Å². The molecule has 16 heteroatoms. The van der Waals surface area contributed by atoms with Crippen LogP contribution >= 0.6 is 0 Å². The van der Waals surface area contributed by atoms with Crippen molar-refractivity contribution in [2.75, 3.05) is 19.7 Å². The van der Waals surface area contributed by atoms with Gasteiger partial charge in [0.05, 0.1) is 18.7 Å². The molecular weight excluding hydrogens is 548 g/mol. The summed E-state index contributed by atoms with van der Waals surface area (Å²) in [6, 6.07) is 4.78. The van der Waals surface area contributed by atoms with Crippen molar-refractivity contribution in [2.45, 2.75) is 55.3 Å². The first-order valence-corrected chi connectivity index (χ1v) is 13.5. The minimum Gasteiger partial charge on any atom is -0.492 e. The monoisotopic (exact) mass is 581 g/mol. The molecule has 2 aromatic rings. The van der Waals surface area contributed by atoms with E-state index in [-0.39, 0.29) is 41.7 Å². The zero-order chi connectivity index (χ0) is 30.0. The van der Waals surface area contributed by atoms with Crippen molar-refractivity contribution >= 4 is 23.7 Å². The van der Waals surface area contributed by atoms with Crippen LogP contribution in [0.25, 0.3) is 0 Å². The first-order chi connectivity index (χ1) is 19.8. The third kappa shape index (κ3) is 4.05. The molecule has 1 unspecified atom stereocenters. The lowest BCUT2D eigenvalue weighted by Gasteiger charge is -2.46. The number of aliphatic hydroxyl groups is 2. The molecule has 5 heterocycles. The molecule has 1 fully saturated rings. The minimum absolute atomic E-state index is 0.0277. The maximum absolute atomic E-state index is 13.6. The molecule has 1 spiro atoms. The normalized spacial score (nSPS) is 28.2. The molecule has 1 saturated heterocycles. The number of ether oxygens (including phenoxy) is 1. The van der Waals surface area contributed by atoms with E-state index in [0.29, 0.717) is 12.4 Å². The summed E-state index contributed by atoms with van der Waals surface area (Å²) in [5, 5.41) is 37.7. The number of guanidine groups is 2. The summed E-state index contributed by atoms with van der Waals surface area (Å²) in [5.41, 5.74) is 11.2. The lowest BCUT2D eigenvalue weighted by atomic mass is 9.79. The van der Waals surface area contributed by atoms with Crippen LogP contribution in [-0.4, -0.2) is 98.3 Å². The second kappa shape index (κ2) is 9.42. The van der Waals surface area contributed by atoms with Crippen molar-refractivity contribution in [2.24, 2.45) is 16.5 Å². The van der Waals surface area contributed by atoms with Gasteiger partial charge in [0.15, 0.2) is 12.0 Å². The number of aromatic nitrogens is 2. The van der Waals surface area contributed by atoms with Crippen LogP contribution in [0.1, 0.15) is 46.7 Å². The van der Waals surface area contributed by atoms with Gasteiger partial charge in [-0.3, -0.25) is 30.0 Å². The SMILES string of the molecule is CC1(C)CCOc2c(C(=O)NC3CN4C(N)=N[C@@H](CNC(=O)c5ccc(=O)[nH]n5)[C@@H]5[NH+]=C(N)N[C@@]54C3(O)O)cccc21. The van der Waals surface area contributed by atoms with Crippen LogP contribution in [0.3, 0.4) is 0 Å². The van der Waals surface area contributed by atoms with Crippen molar-refractivity contribution in [1.82, 2.24) is 31.0 Å². The highest BCUT2D eigenvalue weighted by molar-refractivity contribution is 5.98. The summed E-state index contributed by atoms with van der Waals surface area (Å²) in [5.74, 6) is -3.33. The summed E-state index contributed by atoms with van der Waals surface area (Å²) in [7, 11) is 0. The van der Waals surface area contributed by atoms with Gasteiger partial charge in [-0.05, 0) is 24.0 Å². The summed E-state index contributed by atoms with van der Waals surface area (Å²) < 4.78 is 5.89. The Hall–Kier alpha value is -4.70. The molecule has 4 atom stereocenters. The van der Waals surface area contributed by atoms with Gasteiger partial charge in [0.1, 0.15) is 23.5 Å². The van der Waals surface area contributed by atoms with Gasteiger partial charge in [-0.25, -0.2) is 15.4 Å². The Morgan fingerprint density at radius 3 is 2.74 bits per heavy atom. The second-order valence-electron chi connectivity index (χ2n) is 11.5. The number of amides is 2. The molecule has 1 aromatic heterocycles. The summed E-state index contributed by atoms with van der Waals surface area (Å²) in [4.78, 5) is 46.4. The van der Waals surface area contributed by atoms with Crippen molar-refractivity contribution in [3.63, 3.8) is 0 Å². The fourth-order valence-corrected chi connectivity index (χ4v) is 6.28. The number of H-pyrrole nitrogens is 1. The topological polar surface area (TPSA) is 247 Å². The van der Waals surface area contributed by atoms with E-state index in [1.165, 1.54) is 17.0 Å². The van der Waals surface area contributed by atoms with E-state index in [9.17, 15) is 24.6 Å². The number of carbonyl (C=O) groups is 2. The smallest absolute Gasteiger partial charge is 0.343 e. The number of aromatic amines is 1. The molecule has 222 valence electrons. The fourth-order valence-electron chi connectivity index (χ4n) is 6.28. The number of nitrogens with zero attached hydrogens (tertiary/aromatic N) is 3. The van der Waals surface area contributed by atoms with Gasteiger partial charge in [-0.15, -0.1) is 0 Å². The predicted octanol–water partition coefficient (Wildman–Crippen LogP) is -4.88. The number of hydrogen-bond acceptors (Lipinski definition) is 12. The lowest BCUT2D eigenvalue weighted by Crippen LogP contribution is -2.90. The lowest BCUT2D eigenvalue weighted by molar-refractivity contribution is -0.521. The van der Waals surface area contributed by atoms with Crippen LogP contribution in [0.2, 0.25) is 0 Å². The highest BCUT2D eigenvalue weighted by atomic mass is 16.5. The van der Waals surface area contributed by atoms with E-state index in [0.717, 1.165) is 12.0 Å². The molecule has 0 bridgehead atoms. The molecule has 4 aliphatic heterocycles. The Labute approximate surface area is 239 Å². The zero-order valence-electron chi connectivity index (χ0n) is 23.0. The summed E-state index contributed by atoms with van der Waals surface area (Å²) in [6.45, 7) is 4.39. The Morgan fingerprint density at radius 2 is 2.00 bits per heavy atom. The van der Waals surface area contributed by atoms with E-state index in [1.54, 1.807) is 12.1 Å². The Balaban J connectivity index is 1.26. The first-order valence-electron chi connectivity index (χ1n) is 13.5. The number of fused-ring (bicyclic) bond motifs is 1. The van der Waals surface area contributed by atoms with E-state index < -0.39 is 46.9 Å². The minimum atomic E-state index is -2.63. The van der Waals surface area contributed by atoms with Crippen LogP contribution in [0.15, 0.2) is 40.1 Å². The van der Waals surface area contributed by atoms with E-state index >= 15 is 0 Å². The van der Waals surface area contributed by atoms with Crippen LogP contribution in [-0.2, 0) is 5.41 Å². The number of nitrogens with two attached hydrogens (primary N) is 2. The molecule has 16 nitrogen and oxygen atoms in total. The third-order valence-electron chi connectivity index (χ3n) is 8.53. The predicted molar refractivity (Wildman–Crippen MR) is 147 cm³/mol. The molecule has 0 radical (unpaired) electrons. The van der Waals surface area contributed by atoms with Crippen LogP contribution in [0.4, 0.5) is 0 Å². The maximum Gasteiger partial charge on any atom is 0.343 e. The molecule has 6 rings (SSSR count). The Kier molecular flexibility index (Phi) is 6.16. The van der Waals surface area contributed by atoms with Gasteiger partial charge in [0, 0.05) is 18.2 Å². The molecule has 4 aliphatic rings. The number of hydrogen-bond donors (Lipinski definition) is 9. The average molecular weight is 582 g/mol. The highest BCUT2D eigenvalue weighted by Crippen LogP contribution is 2.43. The van der Waals surface area contributed by atoms with E-state index in [4.69, 9.17) is 16.2 Å². The van der Waals surface area contributed by atoms with Crippen molar-refractivity contribution in [3.05, 3.63) is 57.5 Å². The number of para-hydroxylation sites is 1. The van der Waals surface area contributed by atoms with Crippen molar-refractivity contribution in [1.29, 1.82) is 0 Å². The maximum atomic E-state index is 13.6. The third-order valence-corrected chi connectivity index (χ3v) is 8.53. The van der Waals surface area contributed by atoms with Gasteiger partial charge in [0.25, 0.3) is 23.0 Å². The second-order valence-corrected chi connectivity index (χ2v) is 11.5. The Morgan fingerprint density at radius 1 is 1.21 bits per heavy atom. The van der Waals surface area contributed by atoms with Gasteiger partial charge in [0.2, 0.25) is 5.79 Å². The van der Waals surface area contributed by atoms with Gasteiger partial charge in [-0.1, -0.05) is 26.0 Å². The van der Waals surface area contributed by atoms with Gasteiger partial charge >= 0.3 is 5.96 Å². The quantitative estimate of drug-likeness (QED) is 0.151. The van der Waals surface area contributed by atoms with Gasteiger partial charge in [-0.2, -0.15) is 5.10 Å². The standard InChI is InChI=1S/C26H32N10O6/c1-24(2)8-9-42-18-12(4-3-5-13(18)24)20(38)31-16-11-36-23(28)30-15(10-29-21(39)14-6-7-17(37)35-34-14)19-25(36,26(16,40)41)33-22(27)32-19/h3-7,15-16,19,40-41H,8-11H2,1-2H3,(H2,28,30)(H,29,39)(H,31,38)(H,35,37)(H3,27,32,33)/p+1/t15-,16?,19-,25-/m0/s1. The van der Waals surface area contributed by atoms with E-state index in [1.807, 2.05) is 6.07 Å². The number of benzene rings is 1. The molecule has 11 N–H and O–H groups in total. The fraction of sp³-hybridized carbons (Fsp3) is 0.462. The first kappa shape index (κ1) is 27.5. The molecule has 0 aliphatic carbocycles. The number of nitrogens with one attached hydrogen (secondary N) is 5. The van der Waals surface area contributed by atoms with Crippen molar-refractivity contribution < 1.29 is 29.5 Å². The largest absolute Gasteiger partial charge is 0.492 e. The average Bonchev–Trinajstić information content (AvgIpc) is 3.41. The number of aliphatic imine (C=N–C) groups is 1.